The number of aromatic nitrogens is 2. The Balaban J connectivity index is 2.08. The van der Waals surface area contributed by atoms with E-state index >= 15 is 0 Å². The molecule has 2 heterocycles. The summed E-state index contributed by atoms with van der Waals surface area (Å²) < 4.78 is 0. The van der Waals surface area contributed by atoms with Crippen LogP contribution in [0.1, 0.15) is 32.6 Å². The van der Waals surface area contributed by atoms with Crippen LogP contribution in [0.25, 0.3) is 0 Å². The van der Waals surface area contributed by atoms with Gasteiger partial charge in [-0.2, -0.15) is 5.10 Å². The van der Waals surface area contributed by atoms with Crippen LogP contribution in [0.2, 0.25) is 0 Å². The van der Waals surface area contributed by atoms with Gasteiger partial charge in [-0.05, 0) is 44.5 Å². The van der Waals surface area contributed by atoms with Crippen molar-refractivity contribution < 1.29 is 4.79 Å². The Morgan fingerprint density at radius 3 is 2.89 bits per heavy atom. The molecule has 1 aromatic heterocycles. The summed E-state index contributed by atoms with van der Waals surface area (Å²) in [7, 11) is 0. The van der Waals surface area contributed by atoms with Crippen LogP contribution in [0.3, 0.4) is 0 Å². The number of piperidine rings is 1. The largest absolute Gasteiger partial charge is 0.317 e. The van der Waals surface area contributed by atoms with Crippen LogP contribution in [-0.4, -0.2) is 29.2 Å². The minimum atomic E-state index is -0.239. The number of nitrogens with zero attached hydrogens (tertiary/aromatic N) is 2. The van der Waals surface area contributed by atoms with Gasteiger partial charge >= 0.3 is 0 Å². The number of hydrogen-bond donors (Lipinski definition) is 2. The van der Waals surface area contributed by atoms with Crippen LogP contribution in [0.5, 0.6) is 0 Å². The third-order valence-electron chi connectivity index (χ3n) is 3.58. The molecule has 0 aliphatic carbocycles. The van der Waals surface area contributed by atoms with Crippen molar-refractivity contribution in [2.24, 2.45) is 5.41 Å². The molecule has 1 amide bonds. The first-order valence-electron chi connectivity index (χ1n) is 6.57. The van der Waals surface area contributed by atoms with Crippen molar-refractivity contribution in [1.29, 1.82) is 0 Å². The van der Waals surface area contributed by atoms with Gasteiger partial charge in [-0.25, -0.2) is 0 Å². The molecule has 1 aliphatic heterocycles. The van der Waals surface area contributed by atoms with Gasteiger partial charge in [0.25, 0.3) is 0 Å². The first-order chi connectivity index (χ1) is 8.77. The molecule has 1 saturated heterocycles. The maximum Gasteiger partial charge on any atom is 0.231 e. The van der Waals surface area contributed by atoms with E-state index in [0.717, 1.165) is 38.8 Å². The molecule has 1 fully saturated rings. The highest BCUT2D eigenvalue weighted by molar-refractivity contribution is 5.94. The number of rotatable bonds is 4. The van der Waals surface area contributed by atoms with E-state index in [0.29, 0.717) is 5.82 Å². The van der Waals surface area contributed by atoms with Crippen molar-refractivity contribution in [1.82, 2.24) is 15.5 Å². The molecule has 1 aliphatic rings. The molecule has 18 heavy (non-hydrogen) atoms. The summed E-state index contributed by atoms with van der Waals surface area (Å²) in [5, 5.41) is 13.9. The Bertz CT molecular complexity index is 382. The van der Waals surface area contributed by atoms with E-state index in [2.05, 4.69) is 27.8 Å². The molecule has 2 rings (SSSR count). The molecule has 5 heteroatoms. The zero-order valence-electron chi connectivity index (χ0n) is 10.8. The van der Waals surface area contributed by atoms with Crippen molar-refractivity contribution >= 4 is 11.7 Å². The molecule has 1 aromatic rings. The maximum absolute atomic E-state index is 12.5. The number of carbonyl (C=O) groups excluding carboxylic acids is 1. The second-order valence-corrected chi connectivity index (χ2v) is 4.84. The SMILES string of the molecule is CCCC1(C(=O)Nc2cccnn2)CCNCC1. The number of amides is 1. The van der Waals surface area contributed by atoms with Crippen LogP contribution in [0.15, 0.2) is 18.3 Å². The number of carbonyl (C=O) groups is 1. The standard InChI is InChI=1S/C13H20N4O/c1-2-5-13(6-9-14-10-7-13)12(18)16-11-4-3-8-15-17-11/h3-4,8,14H,2,5-7,9-10H2,1H3,(H,16,17,18). The topological polar surface area (TPSA) is 66.9 Å². The smallest absolute Gasteiger partial charge is 0.231 e. The van der Waals surface area contributed by atoms with Crippen LogP contribution in [0.4, 0.5) is 5.82 Å². The zero-order chi connectivity index (χ0) is 12.8. The van der Waals surface area contributed by atoms with E-state index in [4.69, 9.17) is 0 Å². The summed E-state index contributed by atoms with van der Waals surface area (Å²) in [5.41, 5.74) is -0.239. The Labute approximate surface area is 107 Å². The first kappa shape index (κ1) is 13.0. The summed E-state index contributed by atoms with van der Waals surface area (Å²) >= 11 is 0. The van der Waals surface area contributed by atoms with E-state index in [1.54, 1.807) is 18.3 Å². The van der Waals surface area contributed by atoms with Crippen LogP contribution >= 0.6 is 0 Å². The fourth-order valence-electron chi connectivity index (χ4n) is 2.59. The highest BCUT2D eigenvalue weighted by Gasteiger charge is 2.38. The molecule has 0 bridgehead atoms. The molecule has 0 saturated carbocycles. The average Bonchev–Trinajstić information content (AvgIpc) is 2.41. The van der Waals surface area contributed by atoms with Gasteiger partial charge in [0.05, 0.1) is 5.41 Å². The van der Waals surface area contributed by atoms with Crippen LogP contribution in [-0.2, 0) is 4.79 Å². The normalized spacial score (nSPS) is 18.3. The predicted octanol–water partition coefficient (Wildman–Crippen LogP) is 1.58. The Morgan fingerprint density at radius 1 is 1.50 bits per heavy atom. The lowest BCUT2D eigenvalue weighted by Gasteiger charge is -2.35. The molecule has 5 nitrogen and oxygen atoms in total. The van der Waals surface area contributed by atoms with E-state index in [9.17, 15) is 4.79 Å². The fourth-order valence-corrected chi connectivity index (χ4v) is 2.59. The average molecular weight is 248 g/mol. The number of anilines is 1. The quantitative estimate of drug-likeness (QED) is 0.849. The summed E-state index contributed by atoms with van der Waals surface area (Å²) in [6.45, 7) is 3.95. The van der Waals surface area contributed by atoms with Crippen molar-refractivity contribution in [2.45, 2.75) is 32.6 Å². The lowest BCUT2D eigenvalue weighted by atomic mass is 9.74. The molecular formula is C13H20N4O. The highest BCUT2D eigenvalue weighted by atomic mass is 16.2. The molecule has 0 aromatic carbocycles. The summed E-state index contributed by atoms with van der Waals surface area (Å²) in [6.07, 6.45) is 5.34. The van der Waals surface area contributed by atoms with Gasteiger partial charge < -0.3 is 10.6 Å². The minimum absolute atomic E-state index is 0.0892. The lowest BCUT2D eigenvalue weighted by Crippen LogP contribution is -2.45. The predicted molar refractivity (Wildman–Crippen MR) is 70.1 cm³/mol. The fraction of sp³-hybridized carbons (Fsp3) is 0.615. The first-order valence-corrected chi connectivity index (χ1v) is 6.57. The molecule has 0 spiro atoms. The Morgan fingerprint density at radius 2 is 2.28 bits per heavy atom. The Hall–Kier alpha value is -1.49. The van der Waals surface area contributed by atoms with Gasteiger partial charge in [-0.3, -0.25) is 4.79 Å². The second-order valence-electron chi connectivity index (χ2n) is 4.84. The highest BCUT2D eigenvalue weighted by Crippen LogP contribution is 2.35. The number of nitrogens with one attached hydrogen (secondary N) is 2. The zero-order valence-corrected chi connectivity index (χ0v) is 10.8. The summed E-state index contributed by atoms with van der Waals surface area (Å²) in [5.74, 6) is 0.628. The van der Waals surface area contributed by atoms with Gasteiger partial charge in [-0.15, -0.1) is 5.10 Å². The summed E-state index contributed by atoms with van der Waals surface area (Å²) in [4.78, 5) is 12.5. The van der Waals surface area contributed by atoms with Crippen molar-refractivity contribution in [2.75, 3.05) is 18.4 Å². The van der Waals surface area contributed by atoms with Gasteiger partial charge in [0, 0.05) is 6.20 Å². The van der Waals surface area contributed by atoms with Gasteiger partial charge in [0.2, 0.25) is 5.91 Å². The maximum atomic E-state index is 12.5. The lowest BCUT2D eigenvalue weighted by molar-refractivity contribution is -0.127. The van der Waals surface area contributed by atoms with Crippen molar-refractivity contribution in [3.8, 4) is 0 Å². The third-order valence-corrected chi connectivity index (χ3v) is 3.58. The molecule has 0 unspecified atom stereocenters. The Kier molecular flexibility index (Phi) is 4.25. The van der Waals surface area contributed by atoms with Gasteiger partial charge in [-0.1, -0.05) is 13.3 Å². The molecule has 0 radical (unpaired) electrons. The van der Waals surface area contributed by atoms with Gasteiger partial charge in [0.15, 0.2) is 5.82 Å². The van der Waals surface area contributed by atoms with E-state index in [1.165, 1.54) is 0 Å². The molecule has 0 atom stereocenters. The third kappa shape index (κ3) is 2.85. The summed E-state index contributed by atoms with van der Waals surface area (Å²) in [6, 6.07) is 3.54. The number of hydrogen-bond acceptors (Lipinski definition) is 4. The molecule has 98 valence electrons. The van der Waals surface area contributed by atoms with Crippen molar-refractivity contribution in [3.05, 3.63) is 18.3 Å². The van der Waals surface area contributed by atoms with E-state index < -0.39 is 0 Å². The van der Waals surface area contributed by atoms with Gasteiger partial charge in [0.1, 0.15) is 0 Å². The minimum Gasteiger partial charge on any atom is -0.317 e. The van der Waals surface area contributed by atoms with Crippen LogP contribution in [0, 0.1) is 5.41 Å². The van der Waals surface area contributed by atoms with E-state index in [-0.39, 0.29) is 11.3 Å². The monoisotopic (exact) mass is 248 g/mol. The van der Waals surface area contributed by atoms with Crippen molar-refractivity contribution in [3.63, 3.8) is 0 Å². The second kappa shape index (κ2) is 5.91. The molecular weight excluding hydrogens is 228 g/mol. The molecule has 2 N–H and O–H groups in total. The van der Waals surface area contributed by atoms with E-state index in [1.807, 2.05) is 0 Å². The van der Waals surface area contributed by atoms with Crippen LogP contribution < -0.4 is 10.6 Å².